The highest BCUT2D eigenvalue weighted by Crippen LogP contribution is 2.21. The molecule has 1 aromatic carbocycles. The Morgan fingerprint density at radius 3 is 2.57 bits per heavy atom. The molecule has 118 valence electrons. The van der Waals surface area contributed by atoms with Crippen molar-refractivity contribution in [3.05, 3.63) is 34.9 Å². The van der Waals surface area contributed by atoms with Crippen LogP contribution in [0.25, 0.3) is 0 Å². The zero-order valence-electron chi connectivity index (χ0n) is 13.2. The minimum Gasteiger partial charge on any atom is -0.350 e. The largest absolute Gasteiger partial charge is 0.350 e. The highest BCUT2D eigenvalue weighted by molar-refractivity contribution is 6.30. The van der Waals surface area contributed by atoms with Crippen LogP contribution in [0.1, 0.15) is 51.6 Å². The molecule has 1 rings (SSSR count). The van der Waals surface area contributed by atoms with Gasteiger partial charge >= 0.3 is 0 Å². The highest BCUT2D eigenvalue weighted by atomic mass is 35.5. The summed E-state index contributed by atoms with van der Waals surface area (Å²) in [4.78, 5) is 12.1. The lowest BCUT2D eigenvalue weighted by Gasteiger charge is -2.20. The quantitative estimate of drug-likeness (QED) is 0.764. The van der Waals surface area contributed by atoms with Crippen LogP contribution in [0.2, 0.25) is 5.02 Å². The Kier molecular flexibility index (Phi) is 7.76. The molecule has 4 heteroatoms. The molecule has 0 spiro atoms. The van der Waals surface area contributed by atoms with Crippen molar-refractivity contribution in [1.29, 1.82) is 0 Å². The number of halogens is 1. The third-order valence-corrected chi connectivity index (χ3v) is 4.18. The first kappa shape index (κ1) is 18.0. The van der Waals surface area contributed by atoms with Gasteiger partial charge in [-0.2, -0.15) is 0 Å². The summed E-state index contributed by atoms with van der Waals surface area (Å²) in [5, 5.41) is 3.72. The fraction of sp³-hybridized carbons (Fsp3) is 0.588. The van der Waals surface area contributed by atoms with E-state index >= 15 is 0 Å². The minimum atomic E-state index is -0.0248. The standard InChI is InChI=1S/C17H27ClN2O/c1-12(2)14(9-10-19)7-8-17(21)20-13(3)15-5-4-6-16(18)11-15/h4-6,11-14H,7-10,19H2,1-3H3,(H,20,21). The average molecular weight is 311 g/mol. The lowest BCUT2D eigenvalue weighted by atomic mass is 9.88. The van der Waals surface area contributed by atoms with Crippen LogP contribution in [0.4, 0.5) is 0 Å². The molecule has 0 heterocycles. The Balaban J connectivity index is 2.46. The van der Waals surface area contributed by atoms with Gasteiger partial charge in [-0.1, -0.05) is 37.6 Å². The summed E-state index contributed by atoms with van der Waals surface area (Å²) >= 11 is 5.97. The molecule has 0 fully saturated rings. The number of nitrogens with two attached hydrogens (primary N) is 1. The summed E-state index contributed by atoms with van der Waals surface area (Å²) in [5.74, 6) is 1.17. The average Bonchev–Trinajstić information content (AvgIpc) is 2.43. The number of nitrogens with one attached hydrogen (secondary N) is 1. The van der Waals surface area contributed by atoms with Gasteiger partial charge in [-0.05, 0) is 55.8 Å². The van der Waals surface area contributed by atoms with E-state index in [1.54, 1.807) is 0 Å². The smallest absolute Gasteiger partial charge is 0.220 e. The number of hydrogen-bond acceptors (Lipinski definition) is 2. The lowest BCUT2D eigenvalue weighted by Crippen LogP contribution is -2.27. The molecular weight excluding hydrogens is 284 g/mol. The number of benzene rings is 1. The second-order valence-corrected chi connectivity index (χ2v) is 6.40. The zero-order chi connectivity index (χ0) is 15.8. The molecule has 0 saturated carbocycles. The van der Waals surface area contributed by atoms with E-state index < -0.39 is 0 Å². The van der Waals surface area contributed by atoms with Crippen LogP contribution in [-0.4, -0.2) is 12.5 Å². The van der Waals surface area contributed by atoms with Crippen molar-refractivity contribution in [3.8, 4) is 0 Å². The van der Waals surface area contributed by atoms with Crippen LogP contribution < -0.4 is 11.1 Å². The molecule has 3 N–H and O–H groups in total. The van der Waals surface area contributed by atoms with Gasteiger partial charge in [0.2, 0.25) is 5.91 Å². The Bertz CT molecular complexity index is 448. The second kappa shape index (κ2) is 9.06. The van der Waals surface area contributed by atoms with Gasteiger partial charge in [0.15, 0.2) is 0 Å². The maximum Gasteiger partial charge on any atom is 0.220 e. The van der Waals surface area contributed by atoms with Crippen molar-refractivity contribution < 1.29 is 4.79 Å². The topological polar surface area (TPSA) is 55.1 Å². The van der Waals surface area contributed by atoms with Gasteiger partial charge in [-0.15, -0.1) is 0 Å². The van der Waals surface area contributed by atoms with Crippen molar-refractivity contribution >= 4 is 17.5 Å². The Morgan fingerprint density at radius 1 is 1.29 bits per heavy atom. The van der Waals surface area contributed by atoms with E-state index in [1.165, 1.54) is 0 Å². The summed E-state index contributed by atoms with van der Waals surface area (Å²) in [6.07, 6.45) is 2.42. The number of amides is 1. The number of rotatable bonds is 8. The molecule has 3 nitrogen and oxygen atoms in total. The number of carbonyl (C=O) groups excluding carboxylic acids is 1. The van der Waals surface area contributed by atoms with Gasteiger partial charge in [-0.25, -0.2) is 0 Å². The van der Waals surface area contributed by atoms with Crippen LogP contribution >= 0.6 is 11.6 Å². The Labute approximate surface area is 133 Å². The molecule has 0 aliphatic rings. The number of hydrogen-bond donors (Lipinski definition) is 2. The van der Waals surface area contributed by atoms with E-state index in [9.17, 15) is 4.79 Å². The molecule has 1 amide bonds. The van der Waals surface area contributed by atoms with E-state index in [2.05, 4.69) is 19.2 Å². The van der Waals surface area contributed by atoms with E-state index in [1.807, 2.05) is 31.2 Å². The van der Waals surface area contributed by atoms with Crippen LogP contribution in [0.5, 0.6) is 0 Å². The summed E-state index contributed by atoms with van der Waals surface area (Å²) in [6.45, 7) is 7.03. The fourth-order valence-electron chi connectivity index (χ4n) is 2.51. The third kappa shape index (κ3) is 6.49. The lowest BCUT2D eigenvalue weighted by molar-refractivity contribution is -0.122. The maximum atomic E-state index is 12.1. The first-order valence-electron chi connectivity index (χ1n) is 7.69. The van der Waals surface area contributed by atoms with E-state index in [-0.39, 0.29) is 11.9 Å². The van der Waals surface area contributed by atoms with Crippen LogP contribution in [0, 0.1) is 11.8 Å². The number of carbonyl (C=O) groups is 1. The van der Waals surface area contributed by atoms with Gasteiger partial charge in [0.25, 0.3) is 0 Å². The normalized spacial score (nSPS) is 14.0. The summed E-state index contributed by atoms with van der Waals surface area (Å²) in [6, 6.07) is 7.57. The molecule has 0 bridgehead atoms. The van der Waals surface area contributed by atoms with Gasteiger partial charge in [-0.3, -0.25) is 4.79 Å². The summed E-state index contributed by atoms with van der Waals surface area (Å²) in [7, 11) is 0. The first-order chi connectivity index (χ1) is 9.93. The molecule has 21 heavy (non-hydrogen) atoms. The van der Waals surface area contributed by atoms with Crippen molar-refractivity contribution in [1.82, 2.24) is 5.32 Å². The van der Waals surface area contributed by atoms with Gasteiger partial charge in [0, 0.05) is 11.4 Å². The molecular formula is C17H27ClN2O. The molecule has 0 radical (unpaired) electrons. The maximum absolute atomic E-state index is 12.1. The van der Waals surface area contributed by atoms with Gasteiger partial charge in [0.05, 0.1) is 6.04 Å². The predicted molar refractivity (Wildman–Crippen MR) is 89.2 cm³/mol. The molecule has 0 aliphatic heterocycles. The Morgan fingerprint density at radius 2 is 2.00 bits per heavy atom. The predicted octanol–water partition coefficient (Wildman–Crippen LogP) is 3.92. The van der Waals surface area contributed by atoms with Crippen molar-refractivity contribution in [2.24, 2.45) is 17.6 Å². The molecule has 1 aromatic rings. The van der Waals surface area contributed by atoms with Crippen molar-refractivity contribution in [2.75, 3.05) is 6.54 Å². The highest BCUT2D eigenvalue weighted by Gasteiger charge is 2.16. The molecule has 0 saturated heterocycles. The van der Waals surface area contributed by atoms with Crippen LogP contribution in [-0.2, 0) is 4.79 Å². The summed E-state index contributed by atoms with van der Waals surface area (Å²) in [5.41, 5.74) is 6.66. The molecule has 0 aliphatic carbocycles. The second-order valence-electron chi connectivity index (χ2n) is 5.96. The van der Waals surface area contributed by atoms with Gasteiger partial charge in [0.1, 0.15) is 0 Å². The van der Waals surface area contributed by atoms with Gasteiger partial charge < -0.3 is 11.1 Å². The van der Waals surface area contributed by atoms with E-state index in [0.717, 1.165) is 18.4 Å². The Hall–Kier alpha value is -1.06. The third-order valence-electron chi connectivity index (χ3n) is 3.95. The minimum absolute atomic E-state index is 0.0248. The van der Waals surface area contributed by atoms with E-state index in [0.29, 0.717) is 29.8 Å². The van der Waals surface area contributed by atoms with Crippen LogP contribution in [0.15, 0.2) is 24.3 Å². The fourth-order valence-corrected chi connectivity index (χ4v) is 2.71. The summed E-state index contributed by atoms with van der Waals surface area (Å²) < 4.78 is 0. The zero-order valence-corrected chi connectivity index (χ0v) is 14.0. The van der Waals surface area contributed by atoms with Crippen LogP contribution in [0.3, 0.4) is 0 Å². The molecule has 0 aromatic heterocycles. The van der Waals surface area contributed by atoms with Crippen molar-refractivity contribution in [3.63, 3.8) is 0 Å². The molecule has 2 atom stereocenters. The van der Waals surface area contributed by atoms with Crippen molar-refractivity contribution in [2.45, 2.75) is 46.1 Å². The SMILES string of the molecule is CC(NC(=O)CCC(CCN)C(C)C)c1cccc(Cl)c1. The monoisotopic (exact) mass is 310 g/mol. The first-order valence-corrected chi connectivity index (χ1v) is 8.06. The molecule has 2 unspecified atom stereocenters. The van der Waals surface area contributed by atoms with E-state index in [4.69, 9.17) is 17.3 Å².